The number of hydrogen-bond donors (Lipinski definition) is 1. The highest BCUT2D eigenvalue weighted by atomic mass is 16.6. The van der Waals surface area contributed by atoms with Crippen LogP contribution in [-0.2, 0) is 17.9 Å². The average molecular weight is 517 g/mol. The van der Waals surface area contributed by atoms with E-state index in [4.69, 9.17) is 14.2 Å². The first-order valence-corrected chi connectivity index (χ1v) is 13.1. The predicted molar refractivity (Wildman–Crippen MR) is 146 cm³/mol. The molecule has 7 nitrogen and oxygen atoms in total. The summed E-state index contributed by atoms with van der Waals surface area (Å²) in [6, 6.07) is 23.2. The van der Waals surface area contributed by atoms with Crippen LogP contribution in [0.25, 0.3) is 0 Å². The van der Waals surface area contributed by atoms with E-state index in [2.05, 4.69) is 19.2 Å². The molecule has 0 radical (unpaired) electrons. The van der Waals surface area contributed by atoms with Crippen molar-refractivity contribution in [3.05, 3.63) is 89.5 Å². The molecule has 4 rings (SSSR count). The summed E-state index contributed by atoms with van der Waals surface area (Å²) < 4.78 is 17.1. The maximum absolute atomic E-state index is 12.8. The Kier molecular flexibility index (Phi) is 9.25. The summed E-state index contributed by atoms with van der Waals surface area (Å²) in [5.74, 6) is 1.98. The molecule has 0 aliphatic carbocycles. The van der Waals surface area contributed by atoms with Gasteiger partial charge in [-0.05, 0) is 53.6 Å². The number of nitrogens with zero attached hydrogens (tertiary/aromatic N) is 1. The van der Waals surface area contributed by atoms with Gasteiger partial charge in [-0.3, -0.25) is 4.79 Å². The maximum Gasteiger partial charge on any atom is 0.415 e. The van der Waals surface area contributed by atoms with Gasteiger partial charge < -0.3 is 24.4 Å². The van der Waals surface area contributed by atoms with Gasteiger partial charge in [-0.25, -0.2) is 4.79 Å². The minimum atomic E-state index is -0.362. The van der Waals surface area contributed by atoms with Crippen LogP contribution in [0.4, 0.5) is 4.79 Å². The number of amides is 2. The normalized spacial score (nSPS) is 13.7. The Morgan fingerprint density at radius 2 is 1.61 bits per heavy atom. The van der Waals surface area contributed by atoms with Crippen molar-refractivity contribution < 1.29 is 23.8 Å². The first-order valence-electron chi connectivity index (χ1n) is 13.1. The second-order valence-corrected chi connectivity index (χ2v) is 9.80. The molecule has 3 aromatic carbocycles. The van der Waals surface area contributed by atoms with E-state index in [1.54, 1.807) is 12.0 Å². The number of para-hydroxylation sites is 1. The molecule has 38 heavy (non-hydrogen) atoms. The van der Waals surface area contributed by atoms with Crippen molar-refractivity contribution in [2.24, 2.45) is 5.92 Å². The number of hydrogen-bond acceptors (Lipinski definition) is 5. The second kappa shape index (κ2) is 13.0. The van der Waals surface area contributed by atoms with E-state index in [-0.39, 0.29) is 23.8 Å². The van der Waals surface area contributed by atoms with Crippen molar-refractivity contribution in [3.63, 3.8) is 0 Å². The molecule has 0 unspecified atom stereocenters. The third kappa shape index (κ3) is 7.06. The van der Waals surface area contributed by atoms with Crippen molar-refractivity contribution in [3.8, 4) is 17.2 Å². The zero-order chi connectivity index (χ0) is 26.9. The molecule has 2 amide bonds. The number of benzene rings is 3. The van der Waals surface area contributed by atoms with Crippen molar-refractivity contribution >= 4 is 12.0 Å². The van der Waals surface area contributed by atoms with Crippen molar-refractivity contribution in [2.45, 2.75) is 45.8 Å². The summed E-state index contributed by atoms with van der Waals surface area (Å²) in [4.78, 5) is 27.2. The van der Waals surface area contributed by atoms with Crippen LogP contribution in [-0.4, -0.2) is 37.1 Å². The zero-order valence-corrected chi connectivity index (χ0v) is 22.3. The fourth-order valence-corrected chi connectivity index (χ4v) is 4.54. The van der Waals surface area contributed by atoms with E-state index >= 15 is 0 Å². The number of methoxy groups -OCH3 is 1. The molecule has 1 aliphatic heterocycles. The number of ether oxygens (including phenoxy) is 3. The van der Waals surface area contributed by atoms with Crippen molar-refractivity contribution in [2.75, 3.05) is 20.2 Å². The fourth-order valence-electron chi connectivity index (χ4n) is 4.54. The smallest absolute Gasteiger partial charge is 0.415 e. The molecule has 0 aromatic heterocycles. The lowest BCUT2D eigenvalue weighted by atomic mass is 9.96. The quantitative estimate of drug-likeness (QED) is 0.382. The van der Waals surface area contributed by atoms with Crippen LogP contribution >= 0.6 is 0 Å². The van der Waals surface area contributed by atoms with Crippen LogP contribution in [0.5, 0.6) is 17.2 Å². The largest absolute Gasteiger partial charge is 0.493 e. The average Bonchev–Trinajstić information content (AvgIpc) is 2.95. The summed E-state index contributed by atoms with van der Waals surface area (Å²) in [5, 5.41) is 3.03. The highest BCUT2D eigenvalue weighted by molar-refractivity contribution is 5.79. The molecule has 1 saturated heterocycles. The van der Waals surface area contributed by atoms with E-state index < -0.39 is 0 Å². The Morgan fingerprint density at radius 3 is 2.32 bits per heavy atom. The van der Waals surface area contributed by atoms with Gasteiger partial charge in [-0.15, -0.1) is 0 Å². The maximum atomic E-state index is 12.8. The van der Waals surface area contributed by atoms with E-state index in [9.17, 15) is 9.59 Å². The minimum Gasteiger partial charge on any atom is -0.493 e. The number of carbonyl (C=O) groups excluding carboxylic acids is 2. The first-order chi connectivity index (χ1) is 18.4. The predicted octanol–water partition coefficient (Wildman–Crippen LogP) is 5.92. The van der Waals surface area contributed by atoms with Crippen molar-refractivity contribution in [1.29, 1.82) is 0 Å². The molecule has 1 aliphatic rings. The van der Waals surface area contributed by atoms with Gasteiger partial charge in [-0.1, -0.05) is 68.4 Å². The van der Waals surface area contributed by atoms with E-state index in [1.165, 1.54) is 0 Å². The van der Waals surface area contributed by atoms with Gasteiger partial charge in [0.05, 0.1) is 7.11 Å². The third-order valence-corrected chi connectivity index (χ3v) is 6.79. The monoisotopic (exact) mass is 516 g/mol. The zero-order valence-electron chi connectivity index (χ0n) is 22.3. The van der Waals surface area contributed by atoms with Gasteiger partial charge in [0.25, 0.3) is 0 Å². The van der Waals surface area contributed by atoms with Gasteiger partial charge in [0.2, 0.25) is 5.91 Å². The first kappa shape index (κ1) is 27.0. The molecule has 1 N–H and O–H groups in total. The number of piperidine rings is 1. The molecular formula is C31H36N2O5. The number of nitrogens with one attached hydrogen (secondary N) is 1. The molecular weight excluding hydrogens is 480 g/mol. The van der Waals surface area contributed by atoms with E-state index in [1.807, 2.05) is 72.8 Å². The molecule has 1 fully saturated rings. The number of likely N-dealkylation sites (tertiary alicyclic amines) is 1. The highest BCUT2D eigenvalue weighted by Crippen LogP contribution is 2.29. The molecule has 0 atom stereocenters. The highest BCUT2D eigenvalue weighted by Gasteiger charge is 2.28. The Hall–Kier alpha value is -4.00. The van der Waals surface area contributed by atoms with Crippen LogP contribution in [0.2, 0.25) is 0 Å². The summed E-state index contributed by atoms with van der Waals surface area (Å²) >= 11 is 0. The van der Waals surface area contributed by atoms with Gasteiger partial charge in [0.1, 0.15) is 12.4 Å². The third-order valence-electron chi connectivity index (χ3n) is 6.79. The van der Waals surface area contributed by atoms with Crippen LogP contribution in [0.1, 0.15) is 49.3 Å². The summed E-state index contributed by atoms with van der Waals surface area (Å²) in [7, 11) is 1.60. The Bertz CT molecular complexity index is 1220. The van der Waals surface area contributed by atoms with Crippen LogP contribution < -0.4 is 19.5 Å². The Balaban J connectivity index is 1.24. The SMILES string of the molecule is COc1cc(CNC(=O)C2CCN(C(=O)Oc3ccccc3C(C)C)CC2)ccc1OCc1ccccc1. The standard InChI is InChI=1S/C31H36N2O5/c1-22(2)26-11-7-8-12-27(26)38-31(35)33-17-15-25(16-18-33)30(34)32-20-24-13-14-28(29(19-24)36-3)37-21-23-9-5-4-6-10-23/h4-14,19,22,25H,15-18,20-21H2,1-3H3,(H,32,34). The molecule has 200 valence electrons. The van der Waals surface area contributed by atoms with Crippen LogP contribution in [0.3, 0.4) is 0 Å². The van der Waals surface area contributed by atoms with Crippen LogP contribution in [0, 0.1) is 5.92 Å². The van der Waals surface area contributed by atoms with Crippen LogP contribution in [0.15, 0.2) is 72.8 Å². The number of rotatable bonds is 9. The molecule has 0 saturated carbocycles. The topological polar surface area (TPSA) is 77.1 Å². The second-order valence-electron chi connectivity index (χ2n) is 9.80. The van der Waals surface area contributed by atoms with Gasteiger partial charge in [0.15, 0.2) is 11.5 Å². The Labute approximate surface area is 224 Å². The molecule has 0 spiro atoms. The van der Waals surface area contributed by atoms with Gasteiger partial charge >= 0.3 is 6.09 Å². The van der Waals surface area contributed by atoms with E-state index in [0.29, 0.717) is 56.3 Å². The summed E-state index contributed by atoms with van der Waals surface area (Å²) in [6.07, 6.45) is 0.837. The van der Waals surface area contributed by atoms with E-state index in [0.717, 1.165) is 16.7 Å². The lowest BCUT2D eigenvalue weighted by Crippen LogP contribution is -2.44. The summed E-state index contributed by atoms with van der Waals surface area (Å²) in [5.41, 5.74) is 3.00. The van der Waals surface area contributed by atoms with Gasteiger partial charge in [-0.2, -0.15) is 0 Å². The van der Waals surface area contributed by atoms with Gasteiger partial charge in [0, 0.05) is 25.6 Å². The molecule has 3 aromatic rings. The Morgan fingerprint density at radius 1 is 0.895 bits per heavy atom. The fraction of sp³-hybridized carbons (Fsp3) is 0.355. The lowest BCUT2D eigenvalue weighted by molar-refractivity contribution is -0.126. The lowest BCUT2D eigenvalue weighted by Gasteiger charge is -2.30. The molecule has 7 heteroatoms. The molecule has 0 bridgehead atoms. The minimum absolute atomic E-state index is 0.00783. The van der Waals surface area contributed by atoms with Crippen molar-refractivity contribution in [1.82, 2.24) is 10.2 Å². The summed E-state index contributed by atoms with van der Waals surface area (Å²) in [6.45, 7) is 5.96. The molecule has 1 heterocycles. The number of carbonyl (C=O) groups is 2.